The fraction of sp³-hybridized carbons (Fsp3) is 0.333. The summed E-state index contributed by atoms with van der Waals surface area (Å²) in [5.41, 5.74) is 4.00. The summed E-state index contributed by atoms with van der Waals surface area (Å²) >= 11 is 0. The van der Waals surface area contributed by atoms with E-state index in [-0.39, 0.29) is 0 Å². The lowest BCUT2D eigenvalue weighted by atomic mass is 9.97. The molecular weight excluding hydrogens is 262 g/mol. The second-order valence-electron chi connectivity index (χ2n) is 5.27. The molecule has 1 N–H and O–H groups in total. The fourth-order valence-electron chi connectivity index (χ4n) is 2.70. The maximum absolute atomic E-state index is 5.93. The Morgan fingerprint density at radius 1 is 1.00 bits per heavy atom. The van der Waals surface area contributed by atoms with Crippen LogP contribution < -0.4 is 14.8 Å². The van der Waals surface area contributed by atoms with E-state index in [9.17, 15) is 0 Å². The molecule has 3 nitrogen and oxygen atoms in total. The summed E-state index contributed by atoms with van der Waals surface area (Å²) in [6.45, 7) is 2.52. The Morgan fingerprint density at radius 2 is 1.86 bits per heavy atom. The van der Waals surface area contributed by atoms with Crippen LogP contribution in [-0.4, -0.2) is 26.8 Å². The molecule has 21 heavy (non-hydrogen) atoms. The zero-order valence-corrected chi connectivity index (χ0v) is 12.4. The van der Waals surface area contributed by atoms with Crippen LogP contribution >= 0.6 is 0 Å². The second-order valence-corrected chi connectivity index (χ2v) is 5.27. The standard InChI is InChI=1S/C18H21NO2/c1-20-17-7-6-16-12-15-5-3-2-4-14(15)8-9-19-10-11-21-18(16)13-17/h2-7,13,19H,8-12H2,1H3. The van der Waals surface area contributed by atoms with E-state index in [1.807, 2.05) is 12.1 Å². The van der Waals surface area contributed by atoms with E-state index in [4.69, 9.17) is 9.47 Å². The summed E-state index contributed by atoms with van der Waals surface area (Å²) in [4.78, 5) is 0. The monoisotopic (exact) mass is 283 g/mol. The number of fused-ring (bicyclic) bond motifs is 2. The van der Waals surface area contributed by atoms with Gasteiger partial charge in [0.15, 0.2) is 0 Å². The first-order valence-electron chi connectivity index (χ1n) is 7.44. The van der Waals surface area contributed by atoms with Crippen molar-refractivity contribution in [2.24, 2.45) is 0 Å². The van der Waals surface area contributed by atoms with Gasteiger partial charge in [0, 0.05) is 19.0 Å². The van der Waals surface area contributed by atoms with Crippen LogP contribution in [0.15, 0.2) is 42.5 Å². The predicted octanol–water partition coefficient (Wildman–Crippen LogP) is 2.81. The number of hydrogen-bond acceptors (Lipinski definition) is 3. The normalized spacial score (nSPS) is 15.1. The molecule has 0 fully saturated rings. The smallest absolute Gasteiger partial charge is 0.126 e. The highest BCUT2D eigenvalue weighted by molar-refractivity contribution is 5.44. The molecule has 110 valence electrons. The van der Waals surface area contributed by atoms with Crippen LogP contribution in [0.1, 0.15) is 16.7 Å². The lowest BCUT2D eigenvalue weighted by Crippen LogP contribution is -2.23. The summed E-state index contributed by atoms with van der Waals surface area (Å²) in [6, 6.07) is 14.7. The molecule has 3 rings (SSSR count). The molecule has 1 aliphatic rings. The summed E-state index contributed by atoms with van der Waals surface area (Å²) in [5.74, 6) is 1.76. The maximum Gasteiger partial charge on any atom is 0.126 e. The summed E-state index contributed by atoms with van der Waals surface area (Å²) in [7, 11) is 1.68. The van der Waals surface area contributed by atoms with Crippen LogP contribution in [0, 0.1) is 0 Å². The average molecular weight is 283 g/mol. The highest BCUT2D eigenvalue weighted by atomic mass is 16.5. The lowest BCUT2D eigenvalue weighted by Gasteiger charge is -2.13. The molecule has 2 aromatic carbocycles. The van der Waals surface area contributed by atoms with Crippen molar-refractivity contribution >= 4 is 0 Å². The number of ether oxygens (including phenoxy) is 2. The zero-order valence-electron chi connectivity index (χ0n) is 12.4. The molecule has 2 aromatic rings. The van der Waals surface area contributed by atoms with Gasteiger partial charge in [0.05, 0.1) is 7.11 Å². The van der Waals surface area contributed by atoms with Crippen molar-refractivity contribution in [1.82, 2.24) is 5.32 Å². The van der Waals surface area contributed by atoms with Crippen LogP contribution in [0.25, 0.3) is 0 Å². The molecule has 0 unspecified atom stereocenters. The third-order valence-electron chi connectivity index (χ3n) is 3.88. The van der Waals surface area contributed by atoms with E-state index in [0.29, 0.717) is 6.61 Å². The highest BCUT2D eigenvalue weighted by Crippen LogP contribution is 2.28. The Morgan fingerprint density at radius 3 is 2.71 bits per heavy atom. The maximum atomic E-state index is 5.93. The fourth-order valence-corrected chi connectivity index (χ4v) is 2.70. The van der Waals surface area contributed by atoms with Crippen molar-refractivity contribution in [3.8, 4) is 11.5 Å². The molecule has 0 saturated carbocycles. The Labute approximate surface area is 125 Å². The minimum atomic E-state index is 0.677. The van der Waals surface area contributed by atoms with Crippen molar-refractivity contribution < 1.29 is 9.47 Å². The molecule has 1 aliphatic heterocycles. The quantitative estimate of drug-likeness (QED) is 0.873. The van der Waals surface area contributed by atoms with Crippen molar-refractivity contribution in [2.75, 3.05) is 26.8 Å². The van der Waals surface area contributed by atoms with Crippen molar-refractivity contribution in [1.29, 1.82) is 0 Å². The van der Waals surface area contributed by atoms with E-state index in [0.717, 1.165) is 37.4 Å². The third kappa shape index (κ3) is 3.37. The predicted molar refractivity (Wildman–Crippen MR) is 84.3 cm³/mol. The number of nitrogens with one attached hydrogen (secondary N) is 1. The summed E-state index contributed by atoms with van der Waals surface area (Å²) in [6.07, 6.45) is 1.96. The Balaban J connectivity index is 1.97. The molecule has 3 heteroatoms. The van der Waals surface area contributed by atoms with Gasteiger partial charge in [0.1, 0.15) is 18.1 Å². The van der Waals surface area contributed by atoms with E-state index in [2.05, 4.69) is 35.6 Å². The van der Waals surface area contributed by atoms with Gasteiger partial charge in [0.25, 0.3) is 0 Å². The zero-order chi connectivity index (χ0) is 14.5. The van der Waals surface area contributed by atoms with Crippen LogP contribution in [0.5, 0.6) is 11.5 Å². The van der Waals surface area contributed by atoms with E-state index >= 15 is 0 Å². The Kier molecular flexibility index (Phi) is 4.41. The first-order chi connectivity index (χ1) is 10.4. The second kappa shape index (κ2) is 6.64. The Hall–Kier alpha value is -2.00. The molecule has 0 amide bonds. The minimum Gasteiger partial charge on any atom is -0.497 e. The number of hydrogen-bond donors (Lipinski definition) is 1. The first-order valence-corrected chi connectivity index (χ1v) is 7.44. The van der Waals surface area contributed by atoms with E-state index in [1.54, 1.807) is 7.11 Å². The first kappa shape index (κ1) is 14.0. The lowest BCUT2D eigenvalue weighted by molar-refractivity contribution is 0.309. The van der Waals surface area contributed by atoms with Gasteiger partial charge in [-0.05, 0) is 35.7 Å². The number of benzene rings is 2. The molecule has 0 radical (unpaired) electrons. The van der Waals surface area contributed by atoms with Crippen molar-refractivity contribution in [3.63, 3.8) is 0 Å². The van der Waals surface area contributed by atoms with Gasteiger partial charge in [-0.25, -0.2) is 0 Å². The average Bonchev–Trinajstić information content (AvgIpc) is 2.56. The molecule has 0 saturated heterocycles. The topological polar surface area (TPSA) is 30.5 Å². The van der Waals surface area contributed by atoms with Gasteiger partial charge in [-0.15, -0.1) is 0 Å². The van der Waals surface area contributed by atoms with Gasteiger partial charge >= 0.3 is 0 Å². The number of rotatable bonds is 1. The third-order valence-corrected chi connectivity index (χ3v) is 3.88. The van der Waals surface area contributed by atoms with E-state index in [1.165, 1.54) is 16.7 Å². The number of methoxy groups -OCH3 is 1. The minimum absolute atomic E-state index is 0.677. The molecule has 0 aliphatic carbocycles. The molecule has 0 bridgehead atoms. The van der Waals surface area contributed by atoms with Gasteiger partial charge < -0.3 is 14.8 Å². The molecular formula is C18H21NO2. The SMILES string of the molecule is COc1ccc2c(c1)OCCNCCc1ccccc1C2. The van der Waals surface area contributed by atoms with Crippen molar-refractivity contribution in [3.05, 3.63) is 59.2 Å². The van der Waals surface area contributed by atoms with Crippen molar-refractivity contribution in [2.45, 2.75) is 12.8 Å². The molecule has 0 aromatic heterocycles. The van der Waals surface area contributed by atoms with Crippen LogP contribution in [0.2, 0.25) is 0 Å². The van der Waals surface area contributed by atoms with Crippen LogP contribution in [0.3, 0.4) is 0 Å². The van der Waals surface area contributed by atoms with Gasteiger partial charge in [0.2, 0.25) is 0 Å². The summed E-state index contributed by atoms with van der Waals surface area (Å²) < 4.78 is 11.2. The molecule has 0 atom stereocenters. The van der Waals surface area contributed by atoms with Gasteiger partial charge in [-0.2, -0.15) is 0 Å². The Bertz CT molecular complexity index is 610. The van der Waals surface area contributed by atoms with Crippen LogP contribution in [-0.2, 0) is 12.8 Å². The van der Waals surface area contributed by atoms with Gasteiger partial charge in [-0.1, -0.05) is 30.3 Å². The molecule has 1 heterocycles. The molecule has 0 spiro atoms. The van der Waals surface area contributed by atoms with Gasteiger partial charge in [-0.3, -0.25) is 0 Å². The highest BCUT2D eigenvalue weighted by Gasteiger charge is 2.11. The van der Waals surface area contributed by atoms with E-state index < -0.39 is 0 Å². The summed E-state index contributed by atoms with van der Waals surface area (Å²) in [5, 5.41) is 3.43. The largest absolute Gasteiger partial charge is 0.497 e. The van der Waals surface area contributed by atoms with Crippen LogP contribution in [0.4, 0.5) is 0 Å².